The van der Waals surface area contributed by atoms with Crippen molar-refractivity contribution in [1.29, 1.82) is 0 Å². The zero-order valence-corrected chi connectivity index (χ0v) is 15.5. The van der Waals surface area contributed by atoms with Crippen LogP contribution in [0.2, 0.25) is 0 Å². The number of anilines is 1. The maximum Gasteiger partial charge on any atom is 0.343 e. The minimum Gasteiger partial charge on any atom is -0.497 e. The van der Waals surface area contributed by atoms with Crippen LogP contribution in [0.15, 0.2) is 24.3 Å². The fraction of sp³-hybridized carbons (Fsp3) is 0.353. The summed E-state index contributed by atoms with van der Waals surface area (Å²) in [6.07, 6.45) is 0.269. The third-order valence-corrected chi connectivity index (χ3v) is 3.38. The molecule has 8 heteroatoms. The van der Waals surface area contributed by atoms with Crippen LogP contribution in [0, 0.1) is 6.92 Å². The van der Waals surface area contributed by atoms with Gasteiger partial charge in [-0.3, -0.25) is 9.48 Å². The second-order valence-electron chi connectivity index (χ2n) is 5.07. The van der Waals surface area contributed by atoms with Gasteiger partial charge in [-0.15, -0.1) is 0 Å². The van der Waals surface area contributed by atoms with Gasteiger partial charge in [0.05, 0.1) is 19.4 Å². The number of methoxy groups -OCH3 is 1. The zero-order valence-electron chi connectivity index (χ0n) is 14.7. The number of nitrogen functional groups attached to an aromatic ring is 1. The van der Waals surface area contributed by atoms with Crippen molar-refractivity contribution < 1.29 is 19.1 Å². The van der Waals surface area contributed by atoms with Gasteiger partial charge in [-0.05, 0) is 43.1 Å². The first kappa shape index (κ1) is 20.5. The standard InChI is InChI=1S/C9H9ClO2.C8H13N3O2/c1-12-8-4-2-7(3-5-8)6-9(10)11;1-4-13-8(12)6-5(2)10-11(3)7(6)9/h2-5H,6H2,1H3;4,9H2,1-3H3. The van der Waals surface area contributed by atoms with E-state index in [4.69, 9.17) is 26.8 Å². The highest BCUT2D eigenvalue weighted by Crippen LogP contribution is 2.16. The van der Waals surface area contributed by atoms with Crippen molar-refractivity contribution >= 4 is 28.6 Å². The SMILES string of the molecule is CCOC(=O)c1c(C)nn(C)c1N.COc1ccc(CC(=O)Cl)cc1. The van der Waals surface area contributed by atoms with Crippen molar-refractivity contribution in [3.63, 3.8) is 0 Å². The molecule has 0 amide bonds. The van der Waals surface area contributed by atoms with E-state index in [-0.39, 0.29) is 11.7 Å². The molecule has 0 radical (unpaired) electrons. The Hall–Kier alpha value is -2.54. The second-order valence-corrected chi connectivity index (χ2v) is 5.49. The lowest BCUT2D eigenvalue weighted by Gasteiger charge is -2.00. The van der Waals surface area contributed by atoms with Crippen LogP contribution in [0.3, 0.4) is 0 Å². The molecule has 0 aliphatic heterocycles. The Morgan fingerprint density at radius 3 is 2.28 bits per heavy atom. The molecule has 2 aromatic rings. The number of aromatic nitrogens is 2. The number of benzene rings is 1. The molecule has 0 spiro atoms. The Morgan fingerprint density at radius 1 is 1.28 bits per heavy atom. The van der Waals surface area contributed by atoms with E-state index in [1.54, 1.807) is 40.1 Å². The van der Waals surface area contributed by atoms with Crippen LogP contribution in [0.5, 0.6) is 5.75 Å². The first-order valence-electron chi connectivity index (χ1n) is 7.57. The lowest BCUT2D eigenvalue weighted by molar-refractivity contribution is -0.111. The topological polar surface area (TPSA) is 96.4 Å². The molecule has 0 unspecified atom stereocenters. The molecule has 1 aromatic heterocycles. The maximum atomic E-state index is 11.3. The van der Waals surface area contributed by atoms with Crippen LogP contribution in [-0.4, -0.2) is 34.7 Å². The van der Waals surface area contributed by atoms with Crippen LogP contribution in [0.25, 0.3) is 0 Å². The van der Waals surface area contributed by atoms with Crippen molar-refractivity contribution in [3.8, 4) is 5.75 Å². The van der Waals surface area contributed by atoms with E-state index >= 15 is 0 Å². The summed E-state index contributed by atoms with van der Waals surface area (Å²) < 4.78 is 11.2. The normalized spacial score (nSPS) is 9.80. The third kappa shape index (κ3) is 6.11. The minimum absolute atomic E-state index is 0.269. The van der Waals surface area contributed by atoms with Gasteiger partial charge in [-0.25, -0.2) is 4.79 Å². The fourth-order valence-electron chi connectivity index (χ4n) is 2.04. The van der Waals surface area contributed by atoms with Crippen LogP contribution >= 0.6 is 11.6 Å². The summed E-state index contributed by atoms with van der Waals surface area (Å²) in [5.41, 5.74) is 7.49. The number of hydrogen-bond donors (Lipinski definition) is 1. The quantitative estimate of drug-likeness (QED) is 0.644. The number of halogens is 1. The molecule has 0 aliphatic rings. The number of carbonyl (C=O) groups excluding carboxylic acids is 2. The summed E-state index contributed by atoms with van der Waals surface area (Å²) in [6.45, 7) is 3.81. The van der Waals surface area contributed by atoms with Gasteiger partial charge in [0.1, 0.15) is 17.1 Å². The third-order valence-electron chi connectivity index (χ3n) is 3.25. The molecule has 0 bridgehead atoms. The van der Waals surface area contributed by atoms with Gasteiger partial charge >= 0.3 is 5.97 Å². The molecule has 0 fully saturated rings. The van der Waals surface area contributed by atoms with Gasteiger partial charge in [0.25, 0.3) is 0 Å². The Bertz CT molecular complexity index is 726. The van der Waals surface area contributed by atoms with Gasteiger partial charge in [-0.1, -0.05) is 12.1 Å². The summed E-state index contributed by atoms with van der Waals surface area (Å²) >= 11 is 5.22. The monoisotopic (exact) mass is 367 g/mol. The number of esters is 1. The number of carbonyl (C=O) groups is 2. The molecule has 7 nitrogen and oxygen atoms in total. The zero-order chi connectivity index (χ0) is 19.0. The predicted octanol–water partition coefficient (Wildman–Crippen LogP) is 2.49. The van der Waals surface area contributed by atoms with E-state index in [0.717, 1.165) is 11.3 Å². The van der Waals surface area contributed by atoms with Crippen LogP contribution < -0.4 is 10.5 Å². The average Bonchev–Trinajstić information content (AvgIpc) is 2.81. The average molecular weight is 368 g/mol. The smallest absolute Gasteiger partial charge is 0.343 e. The van der Waals surface area contributed by atoms with Gasteiger partial charge in [-0.2, -0.15) is 5.10 Å². The molecule has 0 aliphatic carbocycles. The van der Waals surface area contributed by atoms with Gasteiger partial charge < -0.3 is 15.2 Å². The highest BCUT2D eigenvalue weighted by Gasteiger charge is 2.18. The largest absolute Gasteiger partial charge is 0.497 e. The van der Waals surface area contributed by atoms with E-state index in [1.165, 1.54) is 4.68 Å². The number of nitrogens with zero attached hydrogens (tertiary/aromatic N) is 2. The number of ether oxygens (including phenoxy) is 2. The van der Waals surface area contributed by atoms with Crippen LogP contribution in [0.1, 0.15) is 28.5 Å². The predicted molar refractivity (Wildman–Crippen MR) is 95.9 cm³/mol. The molecule has 1 aromatic carbocycles. The summed E-state index contributed by atoms with van der Waals surface area (Å²) in [5.74, 6) is 0.710. The molecule has 0 saturated carbocycles. The molecule has 1 heterocycles. The van der Waals surface area contributed by atoms with E-state index in [0.29, 0.717) is 23.7 Å². The van der Waals surface area contributed by atoms with Crippen molar-refractivity contribution in [1.82, 2.24) is 9.78 Å². The number of nitrogens with two attached hydrogens (primary N) is 1. The summed E-state index contributed by atoms with van der Waals surface area (Å²) in [4.78, 5) is 21.8. The Morgan fingerprint density at radius 2 is 1.88 bits per heavy atom. The van der Waals surface area contributed by atoms with Crippen LogP contribution in [0.4, 0.5) is 5.82 Å². The Labute approximate surface area is 151 Å². The minimum atomic E-state index is -0.411. The molecule has 0 atom stereocenters. The molecule has 136 valence electrons. The first-order chi connectivity index (χ1) is 11.8. The molecular formula is C17H22ClN3O4. The van der Waals surface area contributed by atoms with E-state index < -0.39 is 5.97 Å². The fourth-order valence-corrected chi connectivity index (χ4v) is 2.19. The highest BCUT2D eigenvalue weighted by atomic mass is 35.5. The molecule has 2 N–H and O–H groups in total. The number of rotatable bonds is 5. The van der Waals surface area contributed by atoms with Crippen molar-refractivity contribution in [2.75, 3.05) is 19.5 Å². The Kier molecular flexibility index (Phi) is 7.94. The van der Waals surface area contributed by atoms with Crippen molar-refractivity contribution in [2.24, 2.45) is 7.05 Å². The van der Waals surface area contributed by atoms with Gasteiger partial charge in [0.2, 0.25) is 5.24 Å². The lowest BCUT2D eigenvalue weighted by atomic mass is 10.2. The molecular weight excluding hydrogens is 346 g/mol. The van der Waals surface area contributed by atoms with E-state index in [2.05, 4.69) is 5.10 Å². The maximum absolute atomic E-state index is 11.3. The first-order valence-corrected chi connectivity index (χ1v) is 7.95. The van der Waals surface area contributed by atoms with Gasteiger partial charge in [0, 0.05) is 13.5 Å². The highest BCUT2D eigenvalue weighted by molar-refractivity contribution is 6.63. The summed E-state index contributed by atoms with van der Waals surface area (Å²) in [7, 11) is 3.28. The second kappa shape index (κ2) is 9.68. The lowest BCUT2D eigenvalue weighted by Crippen LogP contribution is -2.08. The summed E-state index contributed by atoms with van der Waals surface area (Å²) in [5, 5.41) is 3.66. The van der Waals surface area contributed by atoms with E-state index in [1.807, 2.05) is 12.1 Å². The summed E-state index contributed by atoms with van der Waals surface area (Å²) in [6, 6.07) is 7.24. The Balaban J connectivity index is 0.000000251. The molecule has 25 heavy (non-hydrogen) atoms. The van der Waals surface area contributed by atoms with Crippen molar-refractivity contribution in [3.05, 3.63) is 41.1 Å². The van der Waals surface area contributed by atoms with E-state index in [9.17, 15) is 9.59 Å². The van der Waals surface area contributed by atoms with Crippen LogP contribution in [-0.2, 0) is 23.0 Å². The molecule has 2 rings (SSSR count). The number of aryl methyl sites for hydroxylation is 2. The van der Waals surface area contributed by atoms with Gasteiger partial charge in [0.15, 0.2) is 0 Å². The molecule has 0 saturated heterocycles. The van der Waals surface area contributed by atoms with Crippen molar-refractivity contribution in [2.45, 2.75) is 20.3 Å². The number of hydrogen-bond acceptors (Lipinski definition) is 6.